The van der Waals surface area contributed by atoms with Crippen LogP contribution in [0.2, 0.25) is 0 Å². The summed E-state index contributed by atoms with van der Waals surface area (Å²) in [7, 11) is 0. The van der Waals surface area contributed by atoms with Crippen LogP contribution in [-0.2, 0) is 54.4 Å². The number of amides is 9. The van der Waals surface area contributed by atoms with Crippen molar-refractivity contribution in [2.24, 2.45) is 11.5 Å². The van der Waals surface area contributed by atoms with Gasteiger partial charge < -0.3 is 64.1 Å². The molecule has 0 aliphatic rings. The van der Waals surface area contributed by atoms with Crippen LogP contribution in [0.3, 0.4) is 0 Å². The first-order valence-electron chi connectivity index (χ1n) is 19.4. The zero-order valence-electron chi connectivity index (χ0n) is 34.2. The zero-order valence-corrected chi connectivity index (χ0v) is 37.8. The molecule has 14 N–H and O–H groups in total. The number of carbonyl (C=O) groups excluding carboxylic acids is 9. The number of benzene rings is 1. The Morgan fingerprint density at radius 2 is 1.11 bits per heavy atom. The highest BCUT2D eigenvalue weighted by Gasteiger charge is 2.33. The molecule has 0 aliphatic heterocycles. The summed E-state index contributed by atoms with van der Waals surface area (Å²) in [6, 6.07) is -2.14. The summed E-state index contributed by atoms with van der Waals surface area (Å²) in [5.41, 5.74) is 12.3. The van der Waals surface area contributed by atoms with Crippen LogP contribution in [0.1, 0.15) is 38.2 Å². The lowest BCUT2D eigenvalue weighted by Crippen LogP contribution is -2.60. The van der Waals surface area contributed by atoms with Gasteiger partial charge in [0.05, 0.1) is 13.0 Å². The largest absolute Gasteiger partial charge is 0.481 e. The number of H-pyrrole nitrogens is 1. The summed E-state index contributed by atoms with van der Waals surface area (Å²) in [4.78, 5) is 130. The number of nitrogens with two attached hydrogens (primary N) is 2. The Morgan fingerprint density at radius 1 is 0.635 bits per heavy atom. The fraction of sp³-hybridized carbons (Fsp3) is 0.514. The first kappa shape index (κ1) is 54.0. The van der Waals surface area contributed by atoms with Gasteiger partial charge in [0.2, 0.25) is 53.2 Å². The minimum absolute atomic E-state index is 0.0206. The second-order valence-corrected chi connectivity index (χ2v) is 15.4. The van der Waals surface area contributed by atoms with Gasteiger partial charge in [-0.15, -0.1) is 0 Å². The molecule has 1 aromatic heterocycles. The minimum atomic E-state index is -1.72. The van der Waals surface area contributed by atoms with Crippen molar-refractivity contribution in [2.45, 2.75) is 81.3 Å². The second kappa shape index (κ2) is 27.8. The molecule has 0 aliphatic carbocycles. The van der Waals surface area contributed by atoms with Crippen LogP contribution < -0.4 is 54.0 Å². The van der Waals surface area contributed by atoms with Crippen LogP contribution in [0.25, 0.3) is 10.9 Å². The van der Waals surface area contributed by atoms with Crippen LogP contribution in [0.5, 0.6) is 0 Å². The zero-order chi connectivity index (χ0) is 47.2. The molecule has 7 atom stereocenters. The monoisotopic (exact) mass is 957 g/mol. The summed E-state index contributed by atoms with van der Waals surface area (Å²) in [6.07, 6.45) is 2.06. The number of aromatic amines is 1. The highest BCUT2D eigenvalue weighted by Crippen LogP contribution is 2.19. The van der Waals surface area contributed by atoms with E-state index in [2.05, 4.69) is 98.0 Å². The predicted octanol–water partition coefficient (Wildman–Crippen LogP) is -3.95. The number of hydrogen-bond acceptors (Lipinski definition) is 15. The number of thiol groups is 4. The third-order valence-electron chi connectivity index (χ3n) is 9.12. The molecule has 26 heteroatoms. The molecule has 22 nitrogen and oxygen atoms in total. The highest BCUT2D eigenvalue weighted by atomic mass is 32.1. The van der Waals surface area contributed by atoms with E-state index >= 15 is 0 Å². The van der Waals surface area contributed by atoms with E-state index in [0.717, 1.165) is 10.9 Å². The van der Waals surface area contributed by atoms with E-state index in [0.29, 0.717) is 24.9 Å². The molecular weight excluding hydrogens is 903 g/mol. The molecule has 1 aromatic carbocycles. The second-order valence-electron chi connectivity index (χ2n) is 14.0. The van der Waals surface area contributed by atoms with E-state index in [4.69, 9.17) is 11.5 Å². The van der Waals surface area contributed by atoms with E-state index in [1.807, 2.05) is 6.07 Å². The Morgan fingerprint density at radius 3 is 1.62 bits per heavy atom. The molecule has 0 unspecified atom stereocenters. The number of aromatic nitrogens is 1. The van der Waals surface area contributed by atoms with E-state index in [1.165, 1.54) is 6.92 Å². The summed E-state index contributed by atoms with van der Waals surface area (Å²) in [6.45, 7) is 0.867. The summed E-state index contributed by atoms with van der Waals surface area (Å²) < 4.78 is 0. The molecule has 0 saturated heterocycles. The SMILES string of the molecule is CC(=O)N[C@@H](Cc1c[nH]c2ccccc12)C(=O)N[C@@H](CC(=O)O)C(=O)N[C@@H](CS)C(=O)N[C@@H](CS)C(=O)NCC(=O)N[C@@H](CS)C(=O)N[C@@H](CS)C(=O)N[C@@H](CCCCN)C(N)=O. The number of fused-ring (bicyclic) bond motifs is 1. The maximum Gasteiger partial charge on any atom is 0.305 e. The van der Waals surface area contributed by atoms with Gasteiger partial charge in [-0.1, -0.05) is 18.2 Å². The Bertz CT molecular complexity index is 1960. The maximum atomic E-state index is 13.4. The summed E-state index contributed by atoms with van der Waals surface area (Å²) >= 11 is 16.4. The maximum absolute atomic E-state index is 13.4. The summed E-state index contributed by atoms with van der Waals surface area (Å²) in [5.74, 6) is -10.2. The third kappa shape index (κ3) is 18.2. The van der Waals surface area contributed by atoms with E-state index in [1.54, 1.807) is 24.4 Å². The van der Waals surface area contributed by atoms with Gasteiger partial charge in [0, 0.05) is 53.5 Å². The van der Waals surface area contributed by atoms with Crippen molar-refractivity contribution in [3.63, 3.8) is 0 Å². The molecule has 2 rings (SSSR count). The lowest BCUT2D eigenvalue weighted by molar-refractivity contribution is -0.141. The molecule has 1 heterocycles. The molecule has 63 heavy (non-hydrogen) atoms. The average Bonchev–Trinajstić information content (AvgIpc) is 3.65. The van der Waals surface area contributed by atoms with Gasteiger partial charge in [0.25, 0.3) is 0 Å². The topological polar surface area (TPSA) is 355 Å². The third-order valence-corrected chi connectivity index (χ3v) is 10.6. The quantitative estimate of drug-likeness (QED) is 0.0287. The van der Waals surface area contributed by atoms with E-state index < -0.39 is 114 Å². The number of rotatable bonds is 28. The molecule has 0 spiro atoms. The number of primary amides is 1. The van der Waals surface area contributed by atoms with Crippen molar-refractivity contribution in [2.75, 3.05) is 36.1 Å². The van der Waals surface area contributed by atoms with Crippen LogP contribution >= 0.6 is 50.5 Å². The molecule has 9 amide bonds. The molecule has 348 valence electrons. The number of nitrogens with one attached hydrogen (secondary N) is 9. The van der Waals surface area contributed by atoms with Crippen LogP contribution in [0, 0.1) is 0 Å². The highest BCUT2D eigenvalue weighted by molar-refractivity contribution is 7.80. The van der Waals surface area contributed by atoms with Gasteiger partial charge >= 0.3 is 5.97 Å². The molecule has 0 radical (unpaired) electrons. The Balaban J connectivity index is 2.01. The first-order chi connectivity index (χ1) is 29.9. The van der Waals surface area contributed by atoms with Crippen LogP contribution in [-0.4, -0.2) is 148 Å². The molecule has 0 fully saturated rings. The number of aliphatic carboxylic acids is 1. The van der Waals surface area contributed by atoms with Gasteiger partial charge in [-0.05, 0) is 37.4 Å². The normalized spacial score (nSPS) is 14.3. The number of carbonyl (C=O) groups is 10. The minimum Gasteiger partial charge on any atom is -0.481 e. The van der Waals surface area contributed by atoms with E-state index in [-0.39, 0.29) is 35.9 Å². The predicted molar refractivity (Wildman–Crippen MR) is 244 cm³/mol. The molecule has 2 aromatic rings. The fourth-order valence-corrected chi connectivity index (χ4v) is 6.84. The van der Waals surface area contributed by atoms with Gasteiger partial charge in [0.15, 0.2) is 0 Å². The Kier molecular flexibility index (Phi) is 23.8. The van der Waals surface area contributed by atoms with Crippen molar-refractivity contribution in [3.8, 4) is 0 Å². The lowest BCUT2D eigenvalue weighted by atomic mass is 10.0. The smallest absolute Gasteiger partial charge is 0.305 e. The van der Waals surface area contributed by atoms with Crippen LogP contribution in [0.15, 0.2) is 30.5 Å². The van der Waals surface area contributed by atoms with Gasteiger partial charge in [-0.25, -0.2) is 0 Å². The lowest BCUT2D eigenvalue weighted by Gasteiger charge is -2.25. The van der Waals surface area contributed by atoms with Gasteiger partial charge in [-0.2, -0.15) is 50.5 Å². The van der Waals surface area contributed by atoms with Gasteiger partial charge in [0.1, 0.15) is 42.3 Å². The standard InChI is InChI=1S/C37H55N11O11S4/c1-18(49)42-23(10-19-12-40-21-7-3-2-6-20(19)21)33(55)45-24(11-30(51)52)34(56)47-28(17-63)37(59)46-25(14-60)32(54)41-13-29(50)43-26(15-61)35(57)48-27(16-62)36(58)44-22(31(39)53)8-4-5-9-38/h2-3,6-7,12,22-28,40,60-63H,4-5,8-11,13-17,38H2,1H3,(H2,39,53)(H,41,54)(H,42,49)(H,43,50)(H,44,58)(H,45,55)(H,46,59)(H,47,56)(H,48,57)(H,51,52)/t22-,23-,24-,25-,26-,27-,28-/m0/s1. The molecule has 0 bridgehead atoms. The number of unbranched alkanes of at least 4 members (excludes halogenated alkanes) is 1. The Labute approximate surface area is 384 Å². The average molecular weight is 958 g/mol. The summed E-state index contributed by atoms with van der Waals surface area (Å²) in [5, 5.41) is 29.4. The fourth-order valence-electron chi connectivity index (χ4n) is 5.81. The number of carboxylic acid groups (broad SMARTS) is 1. The first-order valence-corrected chi connectivity index (χ1v) is 22.0. The van der Waals surface area contributed by atoms with E-state index in [9.17, 15) is 53.1 Å². The van der Waals surface area contributed by atoms with Crippen LogP contribution in [0.4, 0.5) is 0 Å². The number of hydrogen-bond donors (Lipinski definition) is 16. The number of carboxylic acids is 1. The van der Waals surface area contributed by atoms with Crippen molar-refractivity contribution >= 4 is 121 Å². The Hall–Kier alpha value is -5.18. The molecule has 0 saturated carbocycles. The van der Waals surface area contributed by atoms with Gasteiger partial charge in [-0.3, -0.25) is 47.9 Å². The molecular formula is C37H55N11O11S4. The number of para-hydroxylation sites is 1. The van der Waals surface area contributed by atoms with Crippen molar-refractivity contribution in [1.29, 1.82) is 0 Å². The van der Waals surface area contributed by atoms with Crippen molar-refractivity contribution in [1.82, 2.24) is 47.5 Å². The van der Waals surface area contributed by atoms with Crippen molar-refractivity contribution < 1.29 is 53.1 Å². The van der Waals surface area contributed by atoms with Crippen molar-refractivity contribution in [3.05, 3.63) is 36.0 Å².